The van der Waals surface area contributed by atoms with Crippen molar-refractivity contribution >= 4 is 36.7 Å². The van der Waals surface area contributed by atoms with Gasteiger partial charge in [-0.25, -0.2) is 17.8 Å². The van der Waals surface area contributed by atoms with E-state index >= 15 is 0 Å². The Labute approximate surface area is 361 Å². The number of amides is 2. The second kappa shape index (κ2) is 22.3. The van der Waals surface area contributed by atoms with Crippen molar-refractivity contribution < 1.29 is 51.1 Å². The monoisotopic (exact) mass is 860 g/mol. The second-order valence-corrected chi connectivity index (χ2v) is 15.5. The summed E-state index contributed by atoms with van der Waals surface area (Å²) in [6, 6.07) is 14.6. The van der Waals surface area contributed by atoms with Gasteiger partial charge in [-0.1, -0.05) is 26.0 Å². The first kappa shape index (κ1) is 47.2. The highest BCUT2D eigenvalue weighted by atomic mass is 19.2. The number of carbonyl (C=O) groups excluding carboxylic acids is 2. The molecule has 0 aliphatic carbocycles. The minimum atomic E-state index is -2.62. The number of ether oxygens (including phenoxy) is 6. The average Bonchev–Trinajstić information content (AvgIpc) is 3.93. The van der Waals surface area contributed by atoms with E-state index in [1.165, 1.54) is 4.68 Å². The van der Waals surface area contributed by atoms with Crippen LogP contribution in [0.2, 0.25) is 0 Å². The van der Waals surface area contributed by atoms with Crippen molar-refractivity contribution in [2.75, 3.05) is 72.3 Å². The molecule has 0 saturated carbocycles. The highest BCUT2D eigenvalue weighted by Crippen LogP contribution is 2.31. The largest absolute Gasteiger partial charge is 0.934 e. The van der Waals surface area contributed by atoms with Crippen LogP contribution in [0.4, 0.5) is 14.3 Å². The van der Waals surface area contributed by atoms with Gasteiger partial charge in [-0.2, -0.15) is 0 Å². The van der Waals surface area contributed by atoms with E-state index in [9.17, 15) is 18.2 Å². The maximum absolute atomic E-state index is 13.5. The molecule has 15 nitrogen and oxygen atoms in total. The van der Waals surface area contributed by atoms with Crippen molar-refractivity contribution in [3.63, 3.8) is 0 Å². The highest BCUT2D eigenvalue weighted by molar-refractivity contribution is 6.35. The third-order valence-electron chi connectivity index (χ3n) is 9.91. The predicted octanol–water partition coefficient (Wildman–Crippen LogP) is 6.35. The molecule has 0 fully saturated rings. The molecular formula is C44H57BF2N7O8+. The number of benzene rings is 2. The molecule has 62 heavy (non-hydrogen) atoms. The smallest absolute Gasteiger partial charge is 0.497 e. The van der Waals surface area contributed by atoms with Gasteiger partial charge in [0, 0.05) is 66.8 Å². The lowest BCUT2D eigenvalue weighted by Crippen LogP contribution is -2.27. The van der Waals surface area contributed by atoms with Gasteiger partial charge in [-0.3, -0.25) is 9.59 Å². The van der Waals surface area contributed by atoms with Crippen LogP contribution in [-0.2, 0) is 30.8 Å². The fraction of sp³-hybridized carbons (Fsp3) is 0.432. The SMILES string of the molecule is COc1ccc(OC)c(-n2nnc(C(=O)Nc3cc(OCCOCCOCCOCCNC(=O)CCc4ccc(/C=C5/C(C)=CC(C)=[N+]5B(F)F)[nH]4)cc(C(C)(C)C)c3)c2C)c1. The number of nitrogens with zero attached hydrogens (tertiary/aromatic N) is 4. The molecule has 5 rings (SSSR count). The highest BCUT2D eigenvalue weighted by Gasteiger charge is 2.42. The number of aromatic nitrogens is 4. The van der Waals surface area contributed by atoms with Gasteiger partial charge in [-0.15, -0.1) is 5.10 Å². The summed E-state index contributed by atoms with van der Waals surface area (Å²) in [5, 5.41) is 14.2. The molecule has 0 spiro atoms. The van der Waals surface area contributed by atoms with Crippen LogP contribution in [0, 0.1) is 6.92 Å². The Morgan fingerprint density at radius 3 is 2.27 bits per heavy atom. The molecule has 2 aromatic carbocycles. The molecule has 0 bridgehead atoms. The van der Waals surface area contributed by atoms with Crippen molar-refractivity contribution in [1.29, 1.82) is 0 Å². The quantitative estimate of drug-likeness (QED) is 0.0567. The minimum Gasteiger partial charge on any atom is -0.497 e. The lowest BCUT2D eigenvalue weighted by molar-refractivity contribution is -0.342. The molecule has 0 unspecified atom stereocenters. The zero-order valence-electron chi connectivity index (χ0n) is 36.7. The van der Waals surface area contributed by atoms with Gasteiger partial charge < -0.3 is 44.0 Å². The Kier molecular flexibility index (Phi) is 17.0. The van der Waals surface area contributed by atoms with Crippen LogP contribution in [-0.4, -0.2) is 116 Å². The second-order valence-electron chi connectivity index (χ2n) is 15.5. The van der Waals surface area contributed by atoms with E-state index in [0.717, 1.165) is 21.3 Å². The number of anilines is 1. The molecule has 0 radical (unpaired) electrons. The van der Waals surface area contributed by atoms with Crippen LogP contribution in [0.15, 0.2) is 65.9 Å². The number of methoxy groups -OCH3 is 2. The topological polar surface area (TPSA) is 163 Å². The summed E-state index contributed by atoms with van der Waals surface area (Å²) in [5.41, 5.74) is 5.82. The first-order chi connectivity index (χ1) is 29.7. The molecular weight excluding hydrogens is 803 g/mol. The van der Waals surface area contributed by atoms with E-state index in [4.69, 9.17) is 28.4 Å². The van der Waals surface area contributed by atoms with Crippen LogP contribution in [0.5, 0.6) is 17.2 Å². The normalized spacial score (nSPS) is 13.4. The van der Waals surface area contributed by atoms with Gasteiger partial charge in [0.15, 0.2) is 17.1 Å². The number of aryl methyl sites for hydroxylation is 1. The number of H-pyrrole nitrogens is 1. The molecule has 2 amide bonds. The zero-order chi connectivity index (χ0) is 44.8. The maximum atomic E-state index is 13.5. The zero-order valence-corrected chi connectivity index (χ0v) is 36.7. The molecule has 0 saturated heterocycles. The first-order valence-corrected chi connectivity index (χ1v) is 20.4. The van der Waals surface area contributed by atoms with Gasteiger partial charge in [0.1, 0.15) is 29.5 Å². The Bertz CT molecular complexity index is 2260. The number of hydrogen-bond acceptors (Lipinski definition) is 10. The number of aromatic amines is 1. The van der Waals surface area contributed by atoms with Gasteiger partial charge in [0.25, 0.3) is 5.91 Å². The molecule has 4 aromatic rings. The van der Waals surface area contributed by atoms with Gasteiger partial charge in [0.05, 0.1) is 59.6 Å². The van der Waals surface area contributed by atoms with E-state index in [-0.39, 0.29) is 30.0 Å². The van der Waals surface area contributed by atoms with E-state index in [2.05, 4.69) is 46.7 Å². The summed E-state index contributed by atoms with van der Waals surface area (Å²) in [4.78, 5) is 29.0. The van der Waals surface area contributed by atoms with E-state index in [1.807, 2.05) is 24.3 Å². The first-order valence-electron chi connectivity index (χ1n) is 20.4. The van der Waals surface area contributed by atoms with Crippen LogP contribution in [0.25, 0.3) is 11.8 Å². The van der Waals surface area contributed by atoms with Crippen LogP contribution < -0.4 is 24.8 Å². The molecule has 1 aliphatic rings. The third-order valence-corrected chi connectivity index (χ3v) is 9.91. The summed E-state index contributed by atoms with van der Waals surface area (Å²) in [6.07, 6.45) is 4.19. The molecule has 332 valence electrons. The summed E-state index contributed by atoms with van der Waals surface area (Å²) in [5.74, 6) is 1.21. The minimum absolute atomic E-state index is 0.112. The summed E-state index contributed by atoms with van der Waals surface area (Å²) >= 11 is 0. The summed E-state index contributed by atoms with van der Waals surface area (Å²) < 4.78 is 63.3. The van der Waals surface area contributed by atoms with Gasteiger partial charge in [-0.05, 0) is 67.6 Å². The van der Waals surface area contributed by atoms with Crippen molar-refractivity contribution in [1.82, 2.24) is 25.3 Å². The van der Waals surface area contributed by atoms with Crippen LogP contribution in [0.1, 0.15) is 74.2 Å². The molecule has 2 aromatic heterocycles. The maximum Gasteiger partial charge on any atom is 0.934 e. The van der Waals surface area contributed by atoms with Crippen LogP contribution in [0.3, 0.4) is 0 Å². The molecule has 3 N–H and O–H groups in total. The lowest BCUT2D eigenvalue weighted by atomic mass is 9.86. The standard InChI is InChI=1S/C44H56BF2N7O8/c1-29-23-30(2)53(45(46)47)38(29)27-34-10-9-33(49-34)11-14-41(55)48-15-16-59-17-18-60-19-20-61-21-22-62-37-25-32(44(4,5)6)24-35(26-37)50-43(56)42-31(3)54(52-51-42)39-28-36(57-7)12-13-40(39)58-8/h9-10,12-13,23-28H,11,14-22H2,1-8H3,(H2,48,50,55,56)/p+1. The fourth-order valence-electron chi connectivity index (χ4n) is 6.58. The molecule has 3 heterocycles. The van der Waals surface area contributed by atoms with E-state index in [1.54, 1.807) is 71.4 Å². The summed E-state index contributed by atoms with van der Waals surface area (Å²) in [7, 11) is 0.500. The van der Waals surface area contributed by atoms with Crippen molar-refractivity contribution in [2.24, 2.45) is 0 Å². The Balaban J connectivity index is 0.948. The Morgan fingerprint density at radius 1 is 0.887 bits per heavy atom. The number of rotatable bonds is 23. The molecule has 18 heteroatoms. The molecule has 0 atom stereocenters. The number of nitrogens with one attached hydrogen (secondary N) is 3. The predicted molar refractivity (Wildman–Crippen MR) is 233 cm³/mol. The number of carbonyl (C=O) groups is 2. The van der Waals surface area contributed by atoms with Crippen LogP contribution >= 0.6 is 0 Å². The van der Waals surface area contributed by atoms with E-state index in [0.29, 0.717) is 104 Å². The van der Waals surface area contributed by atoms with E-state index < -0.39 is 13.3 Å². The number of hydrogen-bond donors (Lipinski definition) is 3. The lowest BCUT2D eigenvalue weighted by Gasteiger charge is -2.21. The Morgan fingerprint density at radius 2 is 1.60 bits per heavy atom. The van der Waals surface area contributed by atoms with Crippen molar-refractivity contribution in [3.8, 4) is 22.9 Å². The van der Waals surface area contributed by atoms with Crippen molar-refractivity contribution in [3.05, 3.63) is 94.2 Å². The number of allylic oxidation sites excluding steroid dienone is 2. The number of halogens is 2. The third kappa shape index (κ3) is 13.1. The Hall–Kier alpha value is -5.85. The van der Waals surface area contributed by atoms with Gasteiger partial charge >= 0.3 is 7.40 Å². The average molecular weight is 861 g/mol. The summed E-state index contributed by atoms with van der Waals surface area (Å²) in [6.45, 7) is 14.3. The van der Waals surface area contributed by atoms with Gasteiger partial charge in [0.2, 0.25) is 5.91 Å². The molecule has 1 aliphatic heterocycles. The fourth-order valence-corrected chi connectivity index (χ4v) is 6.58. The van der Waals surface area contributed by atoms with Crippen molar-refractivity contribution in [2.45, 2.75) is 59.8 Å².